The molecule has 0 saturated carbocycles. The fourth-order valence-electron chi connectivity index (χ4n) is 2.40. The summed E-state index contributed by atoms with van der Waals surface area (Å²) in [5, 5.41) is 2.77. The van der Waals surface area contributed by atoms with Gasteiger partial charge in [-0.2, -0.15) is 0 Å². The van der Waals surface area contributed by atoms with E-state index in [-0.39, 0.29) is 30.7 Å². The van der Waals surface area contributed by atoms with Crippen molar-refractivity contribution in [1.82, 2.24) is 9.80 Å². The zero-order valence-electron chi connectivity index (χ0n) is 15.2. The van der Waals surface area contributed by atoms with Gasteiger partial charge >= 0.3 is 0 Å². The lowest BCUT2D eigenvalue weighted by Gasteiger charge is -2.19. The van der Waals surface area contributed by atoms with Crippen molar-refractivity contribution in [3.05, 3.63) is 65.7 Å². The molecule has 6 nitrogen and oxygen atoms in total. The Labute approximate surface area is 153 Å². The third kappa shape index (κ3) is 5.26. The summed E-state index contributed by atoms with van der Waals surface area (Å²) in [5.74, 6) is -0.523. The lowest BCUT2D eigenvalue weighted by molar-refractivity contribution is -0.130. The number of benzene rings is 2. The Kier molecular flexibility index (Phi) is 6.63. The van der Waals surface area contributed by atoms with Crippen LogP contribution >= 0.6 is 0 Å². The maximum Gasteiger partial charge on any atom is 0.238 e. The molecule has 2 aromatic carbocycles. The van der Waals surface area contributed by atoms with Gasteiger partial charge in [0, 0.05) is 25.2 Å². The molecule has 0 radical (unpaired) electrons. The van der Waals surface area contributed by atoms with Gasteiger partial charge < -0.3 is 10.2 Å². The summed E-state index contributed by atoms with van der Waals surface area (Å²) in [5.41, 5.74) is 1.45. The minimum Gasteiger partial charge on any atom is -0.348 e. The van der Waals surface area contributed by atoms with Gasteiger partial charge in [0.15, 0.2) is 5.78 Å². The maximum atomic E-state index is 12.7. The first-order valence-electron chi connectivity index (χ1n) is 8.26. The molecule has 0 atom stereocenters. The summed E-state index contributed by atoms with van der Waals surface area (Å²) < 4.78 is 0. The number of para-hydroxylation sites is 1. The van der Waals surface area contributed by atoms with E-state index in [9.17, 15) is 14.4 Å². The third-order valence-electron chi connectivity index (χ3n) is 3.80. The van der Waals surface area contributed by atoms with Crippen LogP contribution in [0.5, 0.6) is 0 Å². The lowest BCUT2D eigenvalue weighted by Crippen LogP contribution is -2.38. The number of carbonyl (C=O) groups is 3. The number of nitrogens with zero attached hydrogens (tertiary/aromatic N) is 2. The first kappa shape index (κ1) is 19.3. The molecular formula is C20H23N3O3. The van der Waals surface area contributed by atoms with E-state index in [1.165, 1.54) is 4.90 Å². The van der Waals surface area contributed by atoms with Gasteiger partial charge in [0.25, 0.3) is 0 Å². The van der Waals surface area contributed by atoms with E-state index in [2.05, 4.69) is 5.32 Å². The molecule has 2 aromatic rings. The van der Waals surface area contributed by atoms with Crippen molar-refractivity contribution >= 4 is 23.3 Å². The summed E-state index contributed by atoms with van der Waals surface area (Å²) in [6, 6.07) is 15.8. The van der Waals surface area contributed by atoms with Crippen LogP contribution in [-0.2, 0) is 9.59 Å². The smallest absolute Gasteiger partial charge is 0.238 e. The summed E-state index contributed by atoms with van der Waals surface area (Å²) in [4.78, 5) is 39.8. The van der Waals surface area contributed by atoms with Crippen molar-refractivity contribution in [2.24, 2.45) is 0 Å². The van der Waals surface area contributed by atoms with Crippen LogP contribution in [0.1, 0.15) is 15.9 Å². The summed E-state index contributed by atoms with van der Waals surface area (Å²) in [7, 11) is 5.03. The largest absolute Gasteiger partial charge is 0.348 e. The van der Waals surface area contributed by atoms with E-state index in [1.54, 1.807) is 74.6 Å². The van der Waals surface area contributed by atoms with E-state index < -0.39 is 0 Å². The molecule has 0 aromatic heterocycles. The van der Waals surface area contributed by atoms with Crippen molar-refractivity contribution in [2.45, 2.75) is 0 Å². The van der Waals surface area contributed by atoms with Crippen LogP contribution in [0.2, 0.25) is 0 Å². The molecule has 6 heteroatoms. The number of carbonyl (C=O) groups excluding carboxylic acids is 3. The van der Waals surface area contributed by atoms with Crippen molar-refractivity contribution in [3.63, 3.8) is 0 Å². The zero-order chi connectivity index (χ0) is 19.1. The molecule has 0 aliphatic heterocycles. The Balaban J connectivity index is 2.07. The average Bonchev–Trinajstić information content (AvgIpc) is 2.62. The monoisotopic (exact) mass is 353 g/mol. The van der Waals surface area contributed by atoms with Gasteiger partial charge in [-0.15, -0.1) is 0 Å². The molecule has 0 bridgehead atoms. The first-order valence-corrected chi connectivity index (χ1v) is 8.26. The number of amides is 2. The molecule has 0 aliphatic rings. The molecule has 0 unspecified atom stereocenters. The molecule has 1 N–H and O–H groups in total. The van der Waals surface area contributed by atoms with Crippen molar-refractivity contribution in [2.75, 3.05) is 39.5 Å². The van der Waals surface area contributed by atoms with Crippen LogP contribution in [0.25, 0.3) is 0 Å². The van der Waals surface area contributed by atoms with Crippen LogP contribution < -0.4 is 5.32 Å². The molecule has 2 amide bonds. The van der Waals surface area contributed by atoms with Crippen molar-refractivity contribution < 1.29 is 14.4 Å². The van der Waals surface area contributed by atoms with Gasteiger partial charge in [0.05, 0.1) is 18.8 Å². The fourth-order valence-corrected chi connectivity index (χ4v) is 2.40. The Morgan fingerprint density at radius 2 is 1.46 bits per heavy atom. The van der Waals surface area contributed by atoms with E-state index in [0.29, 0.717) is 16.8 Å². The van der Waals surface area contributed by atoms with Gasteiger partial charge in [-0.1, -0.05) is 42.5 Å². The molecule has 0 saturated heterocycles. The highest BCUT2D eigenvalue weighted by Crippen LogP contribution is 2.19. The Morgan fingerprint density at radius 3 is 2.12 bits per heavy atom. The highest BCUT2D eigenvalue weighted by Gasteiger charge is 2.16. The Bertz CT molecular complexity index is 788. The van der Waals surface area contributed by atoms with Gasteiger partial charge in [-0.25, -0.2) is 0 Å². The number of nitrogens with one attached hydrogen (secondary N) is 1. The van der Waals surface area contributed by atoms with Crippen LogP contribution in [0.4, 0.5) is 5.69 Å². The zero-order valence-corrected chi connectivity index (χ0v) is 15.2. The number of likely N-dealkylation sites (N-methyl/N-ethyl adjacent to an activating group) is 2. The summed E-state index contributed by atoms with van der Waals surface area (Å²) in [6.45, 7) is 0.193. The van der Waals surface area contributed by atoms with Crippen LogP contribution in [0.3, 0.4) is 0 Å². The molecule has 0 spiro atoms. The van der Waals surface area contributed by atoms with E-state index in [1.807, 2.05) is 6.07 Å². The van der Waals surface area contributed by atoms with E-state index >= 15 is 0 Å². The van der Waals surface area contributed by atoms with E-state index in [4.69, 9.17) is 0 Å². The van der Waals surface area contributed by atoms with Crippen LogP contribution in [0, 0.1) is 0 Å². The SMILES string of the molecule is CN(CC(=O)Nc1ccccc1C(=O)c1ccccc1)CC(=O)N(C)C. The van der Waals surface area contributed by atoms with Gasteiger partial charge in [-0.3, -0.25) is 19.3 Å². The van der Waals surface area contributed by atoms with Crippen LogP contribution in [0.15, 0.2) is 54.6 Å². The minimum absolute atomic E-state index is 0.0490. The standard InChI is InChI=1S/C20H23N3O3/c1-22(2)19(25)14-23(3)13-18(24)21-17-12-8-7-11-16(17)20(26)15-9-5-4-6-10-15/h4-12H,13-14H2,1-3H3,(H,21,24). The van der Waals surface area contributed by atoms with Gasteiger partial charge in [0.1, 0.15) is 0 Å². The Hall–Kier alpha value is -2.99. The highest BCUT2D eigenvalue weighted by molar-refractivity contribution is 6.13. The molecule has 26 heavy (non-hydrogen) atoms. The number of ketones is 1. The second-order valence-electron chi connectivity index (χ2n) is 6.25. The first-order chi connectivity index (χ1) is 12.4. The second-order valence-corrected chi connectivity index (χ2v) is 6.25. The summed E-state index contributed by atoms with van der Waals surface area (Å²) >= 11 is 0. The molecule has 0 fully saturated rings. The number of hydrogen-bond acceptors (Lipinski definition) is 4. The molecule has 0 heterocycles. The number of anilines is 1. The molecule has 136 valence electrons. The third-order valence-corrected chi connectivity index (χ3v) is 3.80. The lowest BCUT2D eigenvalue weighted by atomic mass is 10.0. The van der Waals surface area contributed by atoms with Crippen molar-refractivity contribution in [1.29, 1.82) is 0 Å². The quantitative estimate of drug-likeness (QED) is 0.772. The normalized spacial score (nSPS) is 10.5. The predicted molar refractivity (Wildman–Crippen MR) is 101 cm³/mol. The van der Waals surface area contributed by atoms with Gasteiger partial charge in [-0.05, 0) is 19.2 Å². The molecular weight excluding hydrogens is 330 g/mol. The average molecular weight is 353 g/mol. The molecule has 0 aliphatic carbocycles. The van der Waals surface area contributed by atoms with Crippen molar-refractivity contribution in [3.8, 4) is 0 Å². The number of hydrogen-bond donors (Lipinski definition) is 1. The second kappa shape index (κ2) is 8.92. The Morgan fingerprint density at radius 1 is 0.846 bits per heavy atom. The van der Waals surface area contributed by atoms with Crippen LogP contribution in [-0.4, -0.2) is 61.6 Å². The topological polar surface area (TPSA) is 69.7 Å². The van der Waals surface area contributed by atoms with E-state index in [0.717, 1.165) is 0 Å². The maximum absolute atomic E-state index is 12.7. The predicted octanol–water partition coefficient (Wildman–Crippen LogP) is 1.88. The van der Waals surface area contributed by atoms with Gasteiger partial charge in [0.2, 0.25) is 11.8 Å². The summed E-state index contributed by atoms with van der Waals surface area (Å²) in [6.07, 6.45) is 0. The number of rotatable bonds is 7. The molecule has 2 rings (SSSR count). The minimum atomic E-state index is -0.285. The highest BCUT2D eigenvalue weighted by atomic mass is 16.2. The fraction of sp³-hybridized carbons (Fsp3) is 0.250.